The van der Waals surface area contributed by atoms with Gasteiger partial charge in [-0.15, -0.1) is 0 Å². The van der Waals surface area contributed by atoms with E-state index in [-0.39, 0.29) is 0 Å². The van der Waals surface area contributed by atoms with Gasteiger partial charge in [-0.3, -0.25) is 0 Å². The smallest absolute Gasteiger partial charge is 0.0323 e. The van der Waals surface area contributed by atoms with E-state index in [4.69, 9.17) is 0 Å². The molecular formula is C26H48. The average Bonchev–Trinajstić information content (AvgIpc) is 2.94. The molecular weight excluding hydrogens is 312 g/mol. The molecule has 3 fully saturated rings. The van der Waals surface area contributed by atoms with Crippen molar-refractivity contribution in [2.45, 2.75) is 130 Å². The highest BCUT2D eigenvalue weighted by atomic mass is 14.5. The van der Waals surface area contributed by atoms with Gasteiger partial charge in [0.15, 0.2) is 0 Å². The molecule has 0 saturated heterocycles. The Bertz CT molecular complexity index is 399. The predicted molar refractivity (Wildman–Crippen MR) is 115 cm³/mol. The molecule has 0 spiro atoms. The second-order valence-electron chi connectivity index (χ2n) is 11.1. The van der Waals surface area contributed by atoms with Crippen LogP contribution in [0.25, 0.3) is 0 Å². The lowest BCUT2D eigenvalue weighted by Gasteiger charge is -2.45. The number of hydrogen-bond donors (Lipinski definition) is 0. The normalized spacial score (nSPS) is 41.4. The Balaban J connectivity index is 1.55. The summed E-state index contributed by atoms with van der Waals surface area (Å²) in [5, 5.41) is 0. The summed E-state index contributed by atoms with van der Waals surface area (Å²) in [6.07, 6.45) is 25.8. The van der Waals surface area contributed by atoms with Gasteiger partial charge in [-0.2, -0.15) is 0 Å². The monoisotopic (exact) mass is 360 g/mol. The van der Waals surface area contributed by atoms with Crippen LogP contribution in [0.4, 0.5) is 0 Å². The topological polar surface area (TPSA) is 0 Å². The largest absolute Gasteiger partial charge is 0.0654 e. The van der Waals surface area contributed by atoms with Crippen molar-refractivity contribution in [2.75, 3.05) is 0 Å². The third-order valence-electron chi connectivity index (χ3n) is 8.91. The number of rotatable bonds is 6. The Morgan fingerprint density at radius 1 is 0.808 bits per heavy atom. The van der Waals surface area contributed by atoms with Gasteiger partial charge in [0.05, 0.1) is 0 Å². The molecule has 0 aromatic carbocycles. The van der Waals surface area contributed by atoms with E-state index in [2.05, 4.69) is 20.8 Å². The fourth-order valence-electron chi connectivity index (χ4n) is 7.09. The summed E-state index contributed by atoms with van der Waals surface area (Å²) in [4.78, 5) is 0. The number of fused-ring (bicyclic) bond motifs is 4. The molecule has 0 N–H and O–H groups in total. The maximum absolute atomic E-state index is 2.63. The molecule has 0 amide bonds. The first kappa shape index (κ1) is 20.7. The van der Waals surface area contributed by atoms with Crippen molar-refractivity contribution in [2.24, 2.45) is 35.0 Å². The zero-order chi connectivity index (χ0) is 18.4. The van der Waals surface area contributed by atoms with E-state index in [0.717, 1.165) is 29.6 Å². The molecule has 152 valence electrons. The summed E-state index contributed by atoms with van der Waals surface area (Å²) >= 11 is 0. The summed E-state index contributed by atoms with van der Waals surface area (Å²) in [5.74, 6) is 5.33. The predicted octanol–water partition coefficient (Wildman–Crippen LogP) is 8.79. The summed E-state index contributed by atoms with van der Waals surface area (Å²) < 4.78 is 0. The highest BCUT2D eigenvalue weighted by Gasteiger charge is 2.45. The fourth-order valence-corrected chi connectivity index (χ4v) is 7.09. The van der Waals surface area contributed by atoms with E-state index in [9.17, 15) is 0 Å². The highest BCUT2D eigenvalue weighted by Crippen LogP contribution is 2.56. The van der Waals surface area contributed by atoms with Gasteiger partial charge in [0, 0.05) is 0 Å². The molecule has 6 atom stereocenters. The van der Waals surface area contributed by atoms with Crippen molar-refractivity contribution >= 4 is 0 Å². The van der Waals surface area contributed by atoms with Gasteiger partial charge in [0.1, 0.15) is 0 Å². The van der Waals surface area contributed by atoms with Crippen LogP contribution in [-0.2, 0) is 0 Å². The molecule has 0 aliphatic heterocycles. The maximum atomic E-state index is 2.63. The zero-order valence-corrected chi connectivity index (χ0v) is 18.4. The van der Waals surface area contributed by atoms with Crippen LogP contribution in [-0.4, -0.2) is 0 Å². The van der Waals surface area contributed by atoms with Crippen LogP contribution in [0.15, 0.2) is 0 Å². The summed E-state index contributed by atoms with van der Waals surface area (Å²) in [7, 11) is 0. The van der Waals surface area contributed by atoms with Crippen LogP contribution >= 0.6 is 0 Å². The number of hydrogen-bond acceptors (Lipinski definition) is 0. The van der Waals surface area contributed by atoms with Crippen molar-refractivity contribution < 1.29 is 0 Å². The average molecular weight is 361 g/mol. The van der Waals surface area contributed by atoms with Crippen molar-refractivity contribution in [1.82, 2.24) is 0 Å². The molecule has 3 saturated carbocycles. The third kappa shape index (κ3) is 5.51. The lowest BCUT2D eigenvalue weighted by Crippen LogP contribution is -2.37. The van der Waals surface area contributed by atoms with Crippen LogP contribution < -0.4 is 0 Å². The SMILES string of the molecule is CCCCCCCC1CCCCCC2(C)CCC(C2)C2CCC2C(C)C1. The quantitative estimate of drug-likeness (QED) is 0.415. The Morgan fingerprint density at radius 3 is 2.38 bits per heavy atom. The van der Waals surface area contributed by atoms with E-state index < -0.39 is 0 Å². The van der Waals surface area contributed by atoms with Crippen LogP contribution in [0.3, 0.4) is 0 Å². The second-order valence-corrected chi connectivity index (χ2v) is 11.1. The molecule has 0 aromatic rings. The minimum absolute atomic E-state index is 0.709. The minimum atomic E-state index is 0.709. The molecule has 26 heavy (non-hydrogen) atoms. The van der Waals surface area contributed by atoms with Crippen molar-refractivity contribution in [3.63, 3.8) is 0 Å². The van der Waals surface area contributed by atoms with E-state index in [1.54, 1.807) is 32.1 Å². The van der Waals surface area contributed by atoms with Gasteiger partial charge < -0.3 is 0 Å². The minimum Gasteiger partial charge on any atom is -0.0654 e. The Labute approximate surface area is 165 Å². The van der Waals surface area contributed by atoms with Crippen LogP contribution in [0.2, 0.25) is 0 Å². The van der Waals surface area contributed by atoms with Gasteiger partial charge in [-0.1, -0.05) is 85.0 Å². The van der Waals surface area contributed by atoms with Crippen LogP contribution in [0, 0.1) is 35.0 Å². The standard InChI is InChI=1S/C26H48/c1-4-5-6-7-9-12-22-13-10-8-11-17-26(3)18-16-23(20-26)25-15-14-24(25)21(2)19-22/h21-25H,4-20H2,1-3H3. The van der Waals surface area contributed by atoms with Gasteiger partial charge in [-0.25, -0.2) is 0 Å². The summed E-state index contributed by atoms with van der Waals surface area (Å²) in [6, 6.07) is 0. The molecule has 0 nitrogen and oxygen atoms in total. The lowest BCUT2D eigenvalue weighted by molar-refractivity contribution is 0.0440. The van der Waals surface area contributed by atoms with Gasteiger partial charge >= 0.3 is 0 Å². The van der Waals surface area contributed by atoms with Gasteiger partial charge in [0.2, 0.25) is 0 Å². The highest BCUT2D eigenvalue weighted by molar-refractivity contribution is 4.96. The Kier molecular flexibility index (Phi) is 7.95. The number of unbranched alkanes of at least 4 members (excludes halogenated alkanes) is 4. The van der Waals surface area contributed by atoms with Gasteiger partial charge in [-0.05, 0) is 80.0 Å². The maximum Gasteiger partial charge on any atom is -0.0323 e. The van der Waals surface area contributed by atoms with Crippen molar-refractivity contribution in [1.29, 1.82) is 0 Å². The van der Waals surface area contributed by atoms with Crippen molar-refractivity contribution in [3.05, 3.63) is 0 Å². The van der Waals surface area contributed by atoms with Crippen molar-refractivity contribution in [3.8, 4) is 0 Å². The molecule has 3 rings (SSSR count). The molecule has 3 aliphatic rings. The first-order chi connectivity index (χ1) is 12.6. The third-order valence-corrected chi connectivity index (χ3v) is 8.91. The van der Waals surface area contributed by atoms with E-state index in [1.807, 2.05) is 0 Å². The second kappa shape index (κ2) is 9.97. The van der Waals surface area contributed by atoms with E-state index in [0.29, 0.717) is 5.41 Å². The molecule has 6 unspecified atom stereocenters. The van der Waals surface area contributed by atoms with Gasteiger partial charge in [0.25, 0.3) is 0 Å². The Morgan fingerprint density at radius 2 is 1.62 bits per heavy atom. The molecule has 2 bridgehead atoms. The molecule has 3 aliphatic carbocycles. The first-order valence-electron chi connectivity index (χ1n) is 12.6. The van der Waals surface area contributed by atoms with E-state index in [1.165, 1.54) is 77.0 Å². The molecule has 0 heteroatoms. The van der Waals surface area contributed by atoms with E-state index >= 15 is 0 Å². The summed E-state index contributed by atoms with van der Waals surface area (Å²) in [5.41, 5.74) is 0.709. The Hall–Kier alpha value is 0. The molecule has 0 aromatic heterocycles. The van der Waals surface area contributed by atoms with Crippen LogP contribution in [0.5, 0.6) is 0 Å². The first-order valence-corrected chi connectivity index (χ1v) is 12.6. The molecule has 0 heterocycles. The van der Waals surface area contributed by atoms with Crippen LogP contribution in [0.1, 0.15) is 130 Å². The summed E-state index contributed by atoms with van der Waals surface area (Å²) in [6.45, 7) is 7.59. The fraction of sp³-hybridized carbons (Fsp3) is 1.00. The zero-order valence-electron chi connectivity index (χ0n) is 18.4. The molecule has 0 radical (unpaired) electrons. The lowest BCUT2D eigenvalue weighted by atomic mass is 9.60.